The average molecular weight is 401 g/mol. The van der Waals surface area contributed by atoms with Gasteiger partial charge in [0.15, 0.2) is 6.10 Å². The highest BCUT2D eigenvalue weighted by Gasteiger charge is 2.28. The first-order valence-corrected chi connectivity index (χ1v) is 9.96. The maximum absolute atomic E-state index is 12.4. The second-order valence-electron chi connectivity index (χ2n) is 7.22. The van der Waals surface area contributed by atoms with Crippen molar-refractivity contribution < 1.29 is 14.7 Å². The number of halogens is 1. The lowest BCUT2D eigenvalue weighted by molar-refractivity contribution is -0.130. The summed E-state index contributed by atoms with van der Waals surface area (Å²) < 4.78 is 0. The van der Waals surface area contributed by atoms with Gasteiger partial charge in [0, 0.05) is 23.5 Å². The molecule has 0 aliphatic heterocycles. The molecule has 0 radical (unpaired) electrons. The summed E-state index contributed by atoms with van der Waals surface area (Å²) in [6.45, 7) is 0.458. The number of nitrogens with one attached hydrogen (secondary N) is 2. The highest BCUT2D eigenvalue weighted by molar-refractivity contribution is 6.30. The van der Waals surface area contributed by atoms with Gasteiger partial charge in [0.05, 0.1) is 0 Å². The fourth-order valence-electron chi connectivity index (χ4n) is 3.55. The van der Waals surface area contributed by atoms with Gasteiger partial charge in [0.1, 0.15) is 0 Å². The second kappa shape index (κ2) is 9.71. The van der Waals surface area contributed by atoms with Crippen LogP contribution in [0.15, 0.2) is 54.6 Å². The van der Waals surface area contributed by atoms with E-state index in [9.17, 15) is 14.7 Å². The van der Waals surface area contributed by atoms with Crippen molar-refractivity contribution in [3.63, 3.8) is 0 Å². The van der Waals surface area contributed by atoms with E-state index in [1.54, 1.807) is 30.3 Å². The van der Waals surface area contributed by atoms with E-state index in [-0.39, 0.29) is 23.8 Å². The number of carbonyl (C=O) groups excluding carboxylic acids is 2. The lowest BCUT2D eigenvalue weighted by Crippen LogP contribution is -2.42. The van der Waals surface area contributed by atoms with Crippen LogP contribution in [0.1, 0.15) is 42.9 Å². The van der Waals surface area contributed by atoms with Crippen LogP contribution in [0.5, 0.6) is 0 Å². The van der Waals surface area contributed by atoms with Crippen LogP contribution in [-0.2, 0) is 16.1 Å². The van der Waals surface area contributed by atoms with Gasteiger partial charge in [-0.2, -0.15) is 0 Å². The smallest absolute Gasteiger partial charge is 0.253 e. The molecule has 0 heterocycles. The molecule has 0 unspecified atom stereocenters. The fourth-order valence-corrected chi connectivity index (χ4v) is 3.76. The summed E-state index contributed by atoms with van der Waals surface area (Å²) in [4.78, 5) is 24.7. The van der Waals surface area contributed by atoms with Gasteiger partial charge in [-0.05, 0) is 48.9 Å². The molecule has 1 saturated carbocycles. The van der Waals surface area contributed by atoms with Crippen LogP contribution in [0.3, 0.4) is 0 Å². The SMILES string of the molecule is O=C(NCc1cccc(Cl)c1)C1CCC(NC(=O)[C@@H](O)c2ccccc2)CC1. The van der Waals surface area contributed by atoms with Crippen LogP contribution in [0.2, 0.25) is 5.02 Å². The van der Waals surface area contributed by atoms with Crippen LogP contribution < -0.4 is 10.6 Å². The number of hydrogen-bond acceptors (Lipinski definition) is 3. The molecule has 0 spiro atoms. The largest absolute Gasteiger partial charge is 0.378 e. The summed E-state index contributed by atoms with van der Waals surface area (Å²) in [6, 6.07) is 16.3. The number of benzene rings is 2. The van der Waals surface area contributed by atoms with Crippen molar-refractivity contribution in [2.75, 3.05) is 0 Å². The molecule has 0 bridgehead atoms. The summed E-state index contributed by atoms with van der Waals surface area (Å²) in [6.07, 6.45) is 1.71. The van der Waals surface area contributed by atoms with E-state index in [4.69, 9.17) is 11.6 Å². The van der Waals surface area contributed by atoms with E-state index in [0.29, 0.717) is 30.0 Å². The van der Waals surface area contributed by atoms with Gasteiger partial charge in [0.2, 0.25) is 5.91 Å². The second-order valence-corrected chi connectivity index (χ2v) is 7.65. The molecule has 5 nitrogen and oxygen atoms in total. The van der Waals surface area contributed by atoms with E-state index < -0.39 is 6.10 Å². The quantitative estimate of drug-likeness (QED) is 0.695. The van der Waals surface area contributed by atoms with Crippen LogP contribution in [-0.4, -0.2) is 23.0 Å². The van der Waals surface area contributed by atoms with E-state index in [1.807, 2.05) is 24.3 Å². The Morgan fingerprint density at radius 2 is 1.75 bits per heavy atom. The zero-order chi connectivity index (χ0) is 19.9. The molecule has 2 amide bonds. The average Bonchev–Trinajstić information content (AvgIpc) is 2.72. The Bertz CT molecular complexity index is 804. The zero-order valence-corrected chi connectivity index (χ0v) is 16.4. The summed E-state index contributed by atoms with van der Waals surface area (Å²) >= 11 is 5.96. The van der Waals surface area contributed by atoms with E-state index in [1.165, 1.54) is 0 Å². The fraction of sp³-hybridized carbons (Fsp3) is 0.364. The molecule has 2 aromatic rings. The minimum absolute atomic E-state index is 0.0113. The van der Waals surface area contributed by atoms with E-state index >= 15 is 0 Å². The molecule has 1 fully saturated rings. The molecule has 6 heteroatoms. The highest BCUT2D eigenvalue weighted by Crippen LogP contribution is 2.25. The van der Waals surface area contributed by atoms with E-state index in [0.717, 1.165) is 18.4 Å². The van der Waals surface area contributed by atoms with Gasteiger partial charge >= 0.3 is 0 Å². The minimum atomic E-state index is -1.17. The molecule has 0 saturated heterocycles. The molecule has 2 aromatic carbocycles. The van der Waals surface area contributed by atoms with Crippen LogP contribution in [0.25, 0.3) is 0 Å². The molecule has 3 N–H and O–H groups in total. The standard InChI is InChI=1S/C22H25ClN2O3/c23-18-8-4-5-15(13-18)14-24-21(27)17-9-11-19(12-10-17)25-22(28)20(26)16-6-2-1-3-7-16/h1-8,13,17,19-20,26H,9-12,14H2,(H,24,27)(H,25,28)/t17?,19?,20-/m0/s1. The van der Waals surface area contributed by atoms with Crippen LogP contribution in [0, 0.1) is 5.92 Å². The molecule has 0 aromatic heterocycles. The minimum Gasteiger partial charge on any atom is -0.378 e. The molecule has 148 valence electrons. The first kappa shape index (κ1) is 20.4. The van der Waals surface area contributed by atoms with Gasteiger partial charge in [0.25, 0.3) is 5.91 Å². The van der Waals surface area contributed by atoms with Crippen LogP contribution >= 0.6 is 11.6 Å². The number of carbonyl (C=O) groups is 2. The zero-order valence-electron chi connectivity index (χ0n) is 15.6. The highest BCUT2D eigenvalue weighted by atomic mass is 35.5. The Balaban J connectivity index is 1.42. The Labute approximate surface area is 170 Å². The predicted octanol–water partition coefficient (Wildman–Crippen LogP) is 3.36. The van der Waals surface area contributed by atoms with Crippen LogP contribution in [0.4, 0.5) is 0 Å². The Morgan fingerprint density at radius 1 is 1.04 bits per heavy atom. The maximum atomic E-state index is 12.4. The molecule has 1 aliphatic rings. The van der Waals surface area contributed by atoms with Crippen molar-refractivity contribution in [1.82, 2.24) is 10.6 Å². The van der Waals surface area contributed by atoms with Crippen molar-refractivity contribution in [2.45, 2.75) is 44.4 Å². The lowest BCUT2D eigenvalue weighted by Gasteiger charge is -2.29. The third-order valence-corrected chi connectivity index (χ3v) is 5.40. The van der Waals surface area contributed by atoms with Gasteiger partial charge in [-0.3, -0.25) is 9.59 Å². The molecule has 1 aliphatic carbocycles. The monoisotopic (exact) mass is 400 g/mol. The topological polar surface area (TPSA) is 78.4 Å². The summed E-state index contributed by atoms with van der Waals surface area (Å²) in [5, 5.41) is 16.7. The van der Waals surface area contributed by atoms with Crippen molar-refractivity contribution in [3.8, 4) is 0 Å². The van der Waals surface area contributed by atoms with Gasteiger partial charge in [-0.1, -0.05) is 54.1 Å². The molecule has 1 atom stereocenters. The van der Waals surface area contributed by atoms with Crippen molar-refractivity contribution >= 4 is 23.4 Å². The van der Waals surface area contributed by atoms with Crippen molar-refractivity contribution in [3.05, 3.63) is 70.7 Å². The third kappa shape index (κ3) is 5.57. The normalized spacial score (nSPS) is 20.2. The Hall–Kier alpha value is -2.37. The summed E-state index contributed by atoms with van der Waals surface area (Å²) in [5.41, 5.74) is 1.55. The van der Waals surface area contributed by atoms with Gasteiger partial charge < -0.3 is 15.7 Å². The van der Waals surface area contributed by atoms with Gasteiger partial charge in [-0.25, -0.2) is 0 Å². The molecule has 3 rings (SSSR count). The summed E-state index contributed by atoms with van der Waals surface area (Å²) in [7, 11) is 0. The number of aliphatic hydroxyl groups is 1. The maximum Gasteiger partial charge on any atom is 0.253 e. The number of amides is 2. The number of rotatable bonds is 6. The lowest BCUT2D eigenvalue weighted by atomic mass is 9.85. The number of hydrogen-bond donors (Lipinski definition) is 3. The Kier molecular flexibility index (Phi) is 7.06. The molecular formula is C22H25ClN2O3. The first-order valence-electron chi connectivity index (χ1n) is 9.58. The van der Waals surface area contributed by atoms with Crippen molar-refractivity contribution in [2.24, 2.45) is 5.92 Å². The number of aliphatic hydroxyl groups excluding tert-OH is 1. The molecule has 28 heavy (non-hydrogen) atoms. The summed E-state index contributed by atoms with van der Waals surface area (Å²) in [5.74, 6) is -0.402. The predicted molar refractivity (Wildman–Crippen MR) is 109 cm³/mol. The van der Waals surface area contributed by atoms with Gasteiger partial charge in [-0.15, -0.1) is 0 Å². The first-order chi connectivity index (χ1) is 13.5. The van der Waals surface area contributed by atoms with E-state index in [2.05, 4.69) is 10.6 Å². The Morgan fingerprint density at radius 3 is 2.43 bits per heavy atom. The third-order valence-electron chi connectivity index (χ3n) is 5.16. The van der Waals surface area contributed by atoms with Crippen molar-refractivity contribution in [1.29, 1.82) is 0 Å². The molecular weight excluding hydrogens is 376 g/mol.